The van der Waals surface area contributed by atoms with E-state index in [-0.39, 0.29) is 5.69 Å². The number of nitro groups is 1. The van der Waals surface area contributed by atoms with Crippen molar-refractivity contribution < 1.29 is 14.8 Å². The number of hydrogen-bond donors (Lipinski definition) is 2. The third-order valence-corrected chi connectivity index (χ3v) is 3.23. The van der Waals surface area contributed by atoms with E-state index in [0.29, 0.717) is 23.4 Å². The normalized spacial score (nSPS) is 11.7. The molecule has 0 saturated heterocycles. The van der Waals surface area contributed by atoms with E-state index in [0.717, 1.165) is 0 Å². The van der Waals surface area contributed by atoms with Crippen molar-refractivity contribution >= 4 is 11.8 Å². The minimum Gasteiger partial charge on any atom is -0.465 e. The maximum atomic E-state index is 11.1. The van der Waals surface area contributed by atoms with Gasteiger partial charge in [0.25, 0.3) is 0 Å². The van der Waals surface area contributed by atoms with Crippen molar-refractivity contribution in [3.8, 4) is 11.3 Å². The van der Waals surface area contributed by atoms with Gasteiger partial charge in [0.15, 0.2) is 0 Å². The number of nitrogens with one attached hydrogen (secondary N) is 1. The largest absolute Gasteiger partial charge is 0.465 e. The van der Waals surface area contributed by atoms with Gasteiger partial charge in [-0.05, 0) is 18.6 Å². The summed E-state index contributed by atoms with van der Waals surface area (Å²) in [7, 11) is 1.60. The predicted molar refractivity (Wildman–Crippen MR) is 81.8 cm³/mol. The van der Waals surface area contributed by atoms with Crippen LogP contribution < -0.4 is 5.32 Å². The molecule has 0 spiro atoms. The third kappa shape index (κ3) is 3.51. The zero-order valence-corrected chi connectivity index (χ0v) is 12.3. The highest BCUT2D eigenvalue weighted by Crippen LogP contribution is 2.30. The number of hydrogen-bond acceptors (Lipinski definition) is 5. The fourth-order valence-electron chi connectivity index (χ4n) is 2.25. The standard InChI is InChI=1S/C14H15N5O4/c1-3-4-10(17-14(20)21)11-7-9(5-6-15-11)13-12(19(22)23)8-16-18(13)2/h3,5-8,10,17H,1,4H2,2H3,(H,20,21). The highest BCUT2D eigenvalue weighted by atomic mass is 16.6. The molecular formula is C14H15N5O4. The molecule has 2 aromatic heterocycles. The van der Waals surface area contributed by atoms with Crippen LogP contribution in [0.25, 0.3) is 11.3 Å². The number of carbonyl (C=O) groups is 1. The number of amides is 1. The summed E-state index contributed by atoms with van der Waals surface area (Å²) in [5.74, 6) is 0. The number of carboxylic acid groups (broad SMARTS) is 1. The van der Waals surface area contributed by atoms with Crippen LogP contribution in [0.5, 0.6) is 0 Å². The van der Waals surface area contributed by atoms with E-state index in [1.54, 1.807) is 25.3 Å². The number of nitrogens with zero attached hydrogens (tertiary/aromatic N) is 4. The maximum Gasteiger partial charge on any atom is 0.405 e. The van der Waals surface area contributed by atoms with E-state index < -0.39 is 17.1 Å². The molecule has 9 heteroatoms. The van der Waals surface area contributed by atoms with Crippen LogP contribution >= 0.6 is 0 Å². The SMILES string of the molecule is C=CCC(NC(=O)O)c1cc(-c2c([N+](=O)[O-])cnn2C)ccn1. The van der Waals surface area contributed by atoms with E-state index in [4.69, 9.17) is 5.11 Å². The Labute approximate surface area is 131 Å². The van der Waals surface area contributed by atoms with Crippen molar-refractivity contribution in [3.05, 3.63) is 53.0 Å². The molecule has 1 atom stereocenters. The maximum absolute atomic E-state index is 11.1. The summed E-state index contributed by atoms with van der Waals surface area (Å²) in [5.41, 5.74) is 1.17. The highest BCUT2D eigenvalue weighted by molar-refractivity contribution is 5.70. The lowest BCUT2D eigenvalue weighted by molar-refractivity contribution is -0.384. The molecule has 0 aliphatic heterocycles. The molecule has 0 aliphatic rings. The van der Waals surface area contributed by atoms with E-state index in [9.17, 15) is 14.9 Å². The molecule has 0 aliphatic carbocycles. The first-order valence-electron chi connectivity index (χ1n) is 6.67. The topological polar surface area (TPSA) is 123 Å². The predicted octanol–water partition coefficient (Wildman–Crippen LogP) is 2.28. The Balaban J connectivity index is 2.47. The van der Waals surface area contributed by atoms with Crippen molar-refractivity contribution in [1.82, 2.24) is 20.1 Å². The first-order valence-corrected chi connectivity index (χ1v) is 6.67. The van der Waals surface area contributed by atoms with Gasteiger partial charge in [0.1, 0.15) is 11.9 Å². The summed E-state index contributed by atoms with van der Waals surface area (Å²) in [6, 6.07) is 2.63. The Hall–Kier alpha value is -3.23. The Morgan fingerprint density at radius 2 is 2.39 bits per heavy atom. The van der Waals surface area contributed by atoms with Crippen LogP contribution in [0.3, 0.4) is 0 Å². The van der Waals surface area contributed by atoms with Crippen molar-refractivity contribution in [2.24, 2.45) is 7.05 Å². The third-order valence-electron chi connectivity index (χ3n) is 3.23. The monoisotopic (exact) mass is 317 g/mol. The summed E-state index contributed by atoms with van der Waals surface area (Å²) in [6.07, 6.45) is 3.38. The van der Waals surface area contributed by atoms with Gasteiger partial charge in [-0.25, -0.2) is 4.79 Å². The molecule has 0 radical (unpaired) electrons. The zero-order valence-electron chi connectivity index (χ0n) is 12.3. The minimum atomic E-state index is -1.18. The molecular weight excluding hydrogens is 302 g/mol. The summed E-state index contributed by atoms with van der Waals surface area (Å²) in [5, 5.41) is 26.3. The van der Waals surface area contributed by atoms with Crippen LogP contribution in [0.1, 0.15) is 18.2 Å². The smallest absolute Gasteiger partial charge is 0.405 e. The van der Waals surface area contributed by atoms with Crippen LogP contribution in [-0.4, -0.2) is 30.9 Å². The zero-order chi connectivity index (χ0) is 17.0. The van der Waals surface area contributed by atoms with Crippen LogP contribution in [0.15, 0.2) is 37.2 Å². The molecule has 23 heavy (non-hydrogen) atoms. The number of aryl methyl sites for hydroxylation is 1. The van der Waals surface area contributed by atoms with E-state index in [1.165, 1.54) is 17.1 Å². The number of pyridine rings is 1. The first kappa shape index (κ1) is 16.1. The van der Waals surface area contributed by atoms with Gasteiger partial charge >= 0.3 is 11.8 Å². The van der Waals surface area contributed by atoms with Gasteiger partial charge in [-0.1, -0.05) is 6.08 Å². The first-order chi connectivity index (χ1) is 10.9. The molecule has 2 N–H and O–H groups in total. The quantitative estimate of drug-likeness (QED) is 0.478. The summed E-state index contributed by atoms with van der Waals surface area (Å²) < 4.78 is 1.39. The molecule has 0 saturated carbocycles. The highest BCUT2D eigenvalue weighted by Gasteiger charge is 2.22. The molecule has 120 valence electrons. The number of rotatable bonds is 6. The van der Waals surface area contributed by atoms with Gasteiger partial charge in [-0.3, -0.25) is 19.8 Å². The molecule has 0 aromatic carbocycles. The van der Waals surface area contributed by atoms with E-state index in [2.05, 4.69) is 22.0 Å². The van der Waals surface area contributed by atoms with Gasteiger partial charge < -0.3 is 10.4 Å². The van der Waals surface area contributed by atoms with Gasteiger partial charge in [-0.2, -0.15) is 5.10 Å². The second kappa shape index (κ2) is 6.69. The van der Waals surface area contributed by atoms with Crippen molar-refractivity contribution in [2.75, 3.05) is 0 Å². The fourth-order valence-corrected chi connectivity index (χ4v) is 2.25. The molecule has 0 fully saturated rings. The second-order valence-electron chi connectivity index (χ2n) is 4.75. The van der Waals surface area contributed by atoms with E-state index in [1.807, 2.05) is 0 Å². The van der Waals surface area contributed by atoms with Gasteiger partial charge in [0.2, 0.25) is 0 Å². The van der Waals surface area contributed by atoms with E-state index >= 15 is 0 Å². The van der Waals surface area contributed by atoms with Crippen molar-refractivity contribution in [1.29, 1.82) is 0 Å². The van der Waals surface area contributed by atoms with Gasteiger partial charge in [0.05, 0.1) is 16.7 Å². The molecule has 2 heterocycles. The molecule has 2 rings (SSSR count). The van der Waals surface area contributed by atoms with Crippen LogP contribution in [-0.2, 0) is 7.05 Å². The van der Waals surface area contributed by atoms with Gasteiger partial charge in [0, 0.05) is 18.8 Å². The van der Waals surface area contributed by atoms with Crippen molar-refractivity contribution in [3.63, 3.8) is 0 Å². The molecule has 1 unspecified atom stereocenters. The lowest BCUT2D eigenvalue weighted by Crippen LogP contribution is -2.27. The van der Waals surface area contributed by atoms with Crippen LogP contribution in [0, 0.1) is 10.1 Å². The Kier molecular flexibility index (Phi) is 4.69. The molecule has 2 aromatic rings. The van der Waals surface area contributed by atoms with Gasteiger partial charge in [-0.15, -0.1) is 6.58 Å². The Morgan fingerprint density at radius 3 is 3.00 bits per heavy atom. The molecule has 9 nitrogen and oxygen atoms in total. The Bertz CT molecular complexity index is 755. The molecule has 0 bridgehead atoms. The van der Waals surface area contributed by atoms with Crippen LogP contribution in [0.4, 0.5) is 10.5 Å². The lowest BCUT2D eigenvalue weighted by atomic mass is 10.1. The average molecular weight is 317 g/mol. The summed E-state index contributed by atoms with van der Waals surface area (Å²) >= 11 is 0. The summed E-state index contributed by atoms with van der Waals surface area (Å²) in [6.45, 7) is 3.59. The Morgan fingerprint density at radius 1 is 1.65 bits per heavy atom. The number of aromatic nitrogens is 3. The lowest BCUT2D eigenvalue weighted by Gasteiger charge is -2.15. The van der Waals surface area contributed by atoms with Crippen molar-refractivity contribution in [2.45, 2.75) is 12.5 Å². The average Bonchev–Trinajstić information content (AvgIpc) is 2.88. The van der Waals surface area contributed by atoms with Crippen LogP contribution in [0.2, 0.25) is 0 Å². The fraction of sp³-hybridized carbons (Fsp3) is 0.214. The molecule has 1 amide bonds. The minimum absolute atomic E-state index is 0.129. The summed E-state index contributed by atoms with van der Waals surface area (Å²) in [4.78, 5) is 25.6. The second-order valence-corrected chi connectivity index (χ2v) is 4.75.